The summed E-state index contributed by atoms with van der Waals surface area (Å²) in [4.78, 5) is 48.3. The number of H-pyrrole nitrogens is 1. The van der Waals surface area contributed by atoms with Crippen LogP contribution in [0.3, 0.4) is 0 Å². The number of carbonyl (C=O) groups is 2. The van der Waals surface area contributed by atoms with Crippen LogP contribution in [0, 0.1) is 25.6 Å². The monoisotopic (exact) mass is 1150 g/mol. The van der Waals surface area contributed by atoms with Gasteiger partial charge in [-0.1, -0.05) is 67.1 Å². The number of benzene rings is 4. The lowest BCUT2D eigenvalue weighted by atomic mass is 9.93. The smallest absolute Gasteiger partial charge is 0.319 e. The van der Waals surface area contributed by atoms with Crippen molar-refractivity contribution in [2.75, 3.05) is 51.4 Å². The molecule has 4 aromatic carbocycles. The lowest BCUT2D eigenvalue weighted by Crippen LogP contribution is -2.55. The molecule has 82 heavy (non-hydrogen) atoms. The summed E-state index contributed by atoms with van der Waals surface area (Å²) < 4.78 is 49.6. The molecule has 4 N–H and O–H groups in total. The highest BCUT2D eigenvalue weighted by molar-refractivity contribution is 7.13. The molecule has 3 saturated heterocycles. The van der Waals surface area contributed by atoms with E-state index >= 15 is 4.39 Å². The summed E-state index contributed by atoms with van der Waals surface area (Å²) in [6, 6.07) is 12.8. The molecule has 0 bridgehead atoms. The van der Waals surface area contributed by atoms with Gasteiger partial charge in [0.25, 0.3) is 0 Å². The van der Waals surface area contributed by atoms with Gasteiger partial charge in [-0.2, -0.15) is 15.1 Å². The van der Waals surface area contributed by atoms with Gasteiger partial charge in [-0.15, -0.1) is 16.4 Å². The molecule has 2 amide bonds. The Labute approximate surface area is 480 Å². The number of aryl methyl sites for hydroxylation is 1. The number of carbonyl (C=O) groups excluding carboxylic acids is 2. The fraction of sp³-hybridized carbons (Fsp3) is 0.424. The molecular weight excluding hydrogens is 1090 g/mol. The Morgan fingerprint density at radius 1 is 1.06 bits per heavy atom. The third-order valence-electron chi connectivity index (χ3n) is 16.8. The summed E-state index contributed by atoms with van der Waals surface area (Å²) in [5, 5.41) is 35.3. The maximum absolute atomic E-state index is 16.1. The Balaban J connectivity index is 0.786. The van der Waals surface area contributed by atoms with Crippen LogP contribution < -0.4 is 34.5 Å². The Hall–Kier alpha value is -7.50. The average Bonchev–Trinajstić information content (AvgIpc) is 4.12. The van der Waals surface area contributed by atoms with E-state index in [9.17, 15) is 14.7 Å². The highest BCUT2D eigenvalue weighted by Crippen LogP contribution is 2.59. The molecule has 20 nitrogen and oxygen atoms in total. The van der Waals surface area contributed by atoms with Crippen molar-refractivity contribution in [3.63, 3.8) is 0 Å². The van der Waals surface area contributed by atoms with Crippen molar-refractivity contribution in [3.05, 3.63) is 99.7 Å². The number of hydrogen-bond acceptors (Lipinski definition) is 17. The molecule has 4 aliphatic heterocycles. The second-order valence-corrected chi connectivity index (χ2v) is 23.6. The van der Waals surface area contributed by atoms with Gasteiger partial charge in [0, 0.05) is 79.5 Å². The van der Waals surface area contributed by atoms with E-state index in [0.717, 1.165) is 45.8 Å². The third kappa shape index (κ3) is 9.41. The molecule has 1 spiro atoms. The minimum absolute atomic E-state index is 0.0145. The fourth-order valence-corrected chi connectivity index (χ4v) is 13.5. The molecule has 4 fully saturated rings. The summed E-state index contributed by atoms with van der Waals surface area (Å²) >= 11 is 9.22. The molecule has 8 aromatic rings. The standard InChI is InChI=1S/C59H62ClFN12O8S/c1-29(2)51(57(76)71-24-36(74)20-43(71)56(75)65-31(4)38-12-11-35(19-44(38)77-6)54-32(5)63-28-82-54)73-25-42(69-70-73)34-9-7-33(8-10-34)26-79-53-47(46-30(3)40(61)21-41-39(46)23-64-68-41)49(60)52-48-50(53)66-58(80-37-13-17-78-18-14-37)67-55(48)72-16-15-62-27-59(72)22-45(59)81-52/h7-12,19,21,23,25,28-29,31,36-37,43,45,51,62,74H,13-18,20,22,24,26-27H2,1-6H3,(H,64,68)(H,65,75)/t31-,36+,43-,45?,51-,59?/m0/s1. The number of anilines is 1. The number of likely N-dealkylation sites (tertiary alicyclic amines) is 1. The predicted molar refractivity (Wildman–Crippen MR) is 306 cm³/mol. The van der Waals surface area contributed by atoms with E-state index in [4.69, 9.17) is 45.3 Å². The number of thiazole rings is 1. The minimum atomic E-state index is -0.928. The fourth-order valence-electron chi connectivity index (χ4n) is 12.4. The number of amides is 2. The largest absolute Gasteiger partial charge is 0.496 e. The normalized spacial score (nSPS) is 21.2. The van der Waals surface area contributed by atoms with Crippen molar-refractivity contribution in [1.82, 2.24) is 55.7 Å². The number of methoxy groups -OCH3 is 1. The van der Waals surface area contributed by atoms with Crippen LogP contribution in [0.1, 0.15) is 80.9 Å². The van der Waals surface area contributed by atoms with Crippen LogP contribution in [0.15, 0.2) is 66.4 Å². The van der Waals surface area contributed by atoms with E-state index in [1.165, 1.54) is 15.6 Å². The Kier molecular flexibility index (Phi) is 14.0. The molecule has 8 heterocycles. The molecule has 1 aliphatic carbocycles. The van der Waals surface area contributed by atoms with Crippen LogP contribution in [0.2, 0.25) is 5.02 Å². The zero-order chi connectivity index (χ0) is 56.7. The molecule has 2 unspecified atom stereocenters. The number of fused-ring (bicyclic) bond motifs is 2. The van der Waals surface area contributed by atoms with Crippen molar-refractivity contribution in [3.8, 4) is 56.1 Å². The first-order chi connectivity index (χ1) is 39.7. The van der Waals surface area contributed by atoms with Gasteiger partial charge < -0.3 is 49.2 Å². The zero-order valence-electron chi connectivity index (χ0n) is 46.2. The Morgan fingerprint density at radius 3 is 2.63 bits per heavy atom. The number of rotatable bonds is 15. The second-order valence-electron chi connectivity index (χ2n) is 22.4. The quantitative estimate of drug-likeness (QED) is 0.0755. The summed E-state index contributed by atoms with van der Waals surface area (Å²) in [6.07, 6.45) is 4.29. The van der Waals surface area contributed by atoms with Crippen molar-refractivity contribution in [2.24, 2.45) is 5.92 Å². The number of ether oxygens (including phenoxy) is 5. The molecule has 23 heteroatoms. The number of aromatic amines is 1. The molecule has 6 atom stereocenters. The van der Waals surface area contributed by atoms with Crippen molar-refractivity contribution in [2.45, 2.75) is 109 Å². The number of piperazine rings is 1. The molecule has 0 radical (unpaired) electrons. The number of aliphatic hydroxyl groups is 1. The number of nitrogens with zero attached hydrogens (tertiary/aromatic N) is 9. The van der Waals surface area contributed by atoms with Crippen molar-refractivity contribution in [1.29, 1.82) is 0 Å². The number of halogens is 2. The molecule has 1 saturated carbocycles. The lowest BCUT2D eigenvalue weighted by Gasteiger charge is -2.37. The first-order valence-electron chi connectivity index (χ1n) is 27.8. The second kappa shape index (κ2) is 21.4. The molecule has 4 aromatic heterocycles. The van der Waals surface area contributed by atoms with Gasteiger partial charge in [0.05, 0.1) is 82.4 Å². The van der Waals surface area contributed by atoms with Crippen LogP contribution in [0.5, 0.6) is 23.3 Å². The maximum atomic E-state index is 16.1. The van der Waals surface area contributed by atoms with Crippen molar-refractivity contribution < 1.29 is 42.8 Å². The van der Waals surface area contributed by atoms with E-state index in [0.29, 0.717) is 106 Å². The van der Waals surface area contributed by atoms with Crippen molar-refractivity contribution >= 4 is 62.4 Å². The highest BCUT2D eigenvalue weighted by atomic mass is 35.5. The van der Waals surface area contributed by atoms with Crippen LogP contribution >= 0.6 is 22.9 Å². The van der Waals surface area contributed by atoms with Gasteiger partial charge >= 0.3 is 6.01 Å². The van der Waals surface area contributed by atoms with Gasteiger partial charge in [-0.3, -0.25) is 14.7 Å². The predicted octanol–water partition coefficient (Wildman–Crippen LogP) is 8.46. The SMILES string of the molecule is COc1cc(-c2scnc2C)ccc1[C@H](C)NC(=O)[C@@H]1C[C@@H](O)CN1C(=O)[C@H](C(C)C)n1cc(-c2ccc(COc3c(-c4c(C)c(F)cc5[nH]ncc45)c(Cl)c4c5c(nc(OC6CCOCC6)nc35)N3CCNCC35CC5O4)cc2)nn1. The van der Waals surface area contributed by atoms with E-state index in [1.807, 2.05) is 70.2 Å². The molecule has 5 aliphatic rings. The van der Waals surface area contributed by atoms with Crippen LogP contribution in [-0.4, -0.2) is 138 Å². The molecular formula is C59H62ClFN12O8S. The summed E-state index contributed by atoms with van der Waals surface area (Å²) in [6.45, 7) is 12.6. The summed E-state index contributed by atoms with van der Waals surface area (Å²) in [7, 11) is 1.59. The van der Waals surface area contributed by atoms with E-state index in [2.05, 4.69) is 41.0 Å². The topological polar surface area (TPSA) is 229 Å². The van der Waals surface area contributed by atoms with Gasteiger partial charge in [0.1, 0.15) is 59.5 Å². The van der Waals surface area contributed by atoms with E-state index < -0.39 is 30.0 Å². The average molecular weight is 1150 g/mol. The van der Waals surface area contributed by atoms with Gasteiger partial charge in [0.2, 0.25) is 11.8 Å². The number of nitrogens with one attached hydrogen (secondary N) is 3. The minimum Gasteiger partial charge on any atom is -0.496 e. The number of β-amino-alcohol motifs (C(OH)–C–C–N with tert-alkyl or cyclic N) is 1. The zero-order valence-corrected chi connectivity index (χ0v) is 47.7. The van der Waals surface area contributed by atoms with E-state index in [1.54, 1.807) is 43.3 Å². The Morgan fingerprint density at radius 2 is 1.87 bits per heavy atom. The first kappa shape index (κ1) is 53.8. The number of aromatic nitrogens is 8. The van der Waals surface area contributed by atoms with Crippen LogP contribution in [-0.2, 0) is 20.9 Å². The summed E-state index contributed by atoms with van der Waals surface area (Å²) in [5.74, 6) is 0.480. The van der Waals surface area contributed by atoms with Gasteiger partial charge in [-0.25, -0.2) is 14.1 Å². The van der Waals surface area contributed by atoms with Gasteiger partial charge in [-0.05, 0) is 55.5 Å². The number of aliphatic hydroxyl groups excluding tert-OH is 1. The molecule has 13 rings (SSSR count). The third-order valence-corrected chi connectivity index (χ3v) is 18.1. The van der Waals surface area contributed by atoms with Crippen LogP contribution in [0.4, 0.5) is 10.2 Å². The highest BCUT2D eigenvalue weighted by Gasteiger charge is 2.64. The Bertz CT molecular complexity index is 3790. The number of hydrogen-bond donors (Lipinski definition) is 4. The van der Waals surface area contributed by atoms with Gasteiger partial charge in [0.15, 0.2) is 11.5 Å². The lowest BCUT2D eigenvalue weighted by molar-refractivity contribution is -0.142. The van der Waals surface area contributed by atoms with E-state index in [-0.39, 0.29) is 66.1 Å². The van der Waals surface area contributed by atoms with Crippen LogP contribution in [0.25, 0.3) is 54.6 Å². The summed E-state index contributed by atoms with van der Waals surface area (Å²) in [5.41, 5.74) is 8.22. The maximum Gasteiger partial charge on any atom is 0.319 e. The molecule has 426 valence electrons. The first-order valence-corrected chi connectivity index (χ1v) is 29.1.